The Morgan fingerprint density at radius 2 is 2.27 bits per heavy atom. The summed E-state index contributed by atoms with van der Waals surface area (Å²) in [6.45, 7) is -0.437. The fourth-order valence-corrected chi connectivity index (χ4v) is 0.971. The van der Waals surface area contributed by atoms with Gasteiger partial charge in [-0.3, -0.25) is 4.79 Å². The monoisotopic (exact) mass is 275 g/mol. The third-order valence-electron chi connectivity index (χ3n) is 1.29. The summed E-state index contributed by atoms with van der Waals surface area (Å²) in [4.78, 5) is 28.9. The molecule has 3 N–H and O–H groups in total. The normalized spacial score (nSPS) is 9.73. The molecule has 0 aromatic carbocycles. The van der Waals surface area contributed by atoms with Gasteiger partial charge in [0.05, 0.1) is 12.7 Å². The minimum Gasteiger partial charge on any atom is -0.492 e. The van der Waals surface area contributed by atoms with Crippen molar-refractivity contribution in [3.63, 3.8) is 0 Å². The molecule has 0 aliphatic heterocycles. The molecule has 0 saturated carbocycles. The maximum atomic E-state index is 11.2. The Bertz CT molecular complexity index is 409. The first-order chi connectivity index (χ1) is 7.04. The van der Waals surface area contributed by atoms with E-state index in [1.807, 2.05) is 0 Å². The Balaban J connectivity index is 2.91. The van der Waals surface area contributed by atoms with Gasteiger partial charge in [-0.25, -0.2) is 14.8 Å². The predicted molar refractivity (Wildman–Crippen MR) is 50.9 cm³/mol. The summed E-state index contributed by atoms with van der Waals surface area (Å²) < 4.78 is 4.46. The Morgan fingerprint density at radius 3 is 2.87 bits per heavy atom. The molecule has 0 fully saturated rings. The molecule has 0 amide bonds. The zero-order valence-corrected chi connectivity index (χ0v) is 8.89. The smallest absolute Gasteiger partial charge is 0.370 e. The second-order valence-electron chi connectivity index (χ2n) is 2.33. The zero-order valence-electron chi connectivity index (χ0n) is 7.31. The van der Waals surface area contributed by atoms with Gasteiger partial charge in [0.1, 0.15) is 4.60 Å². The van der Waals surface area contributed by atoms with Crippen molar-refractivity contribution in [3.05, 3.63) is 16.5 Å². The van der Waals surface area contributed by atoms with Crippen molar-refractivity contribution in [2.24, 2.45) is 5.73 Å². The van der Waals surface area contributed by atoms with Crippen LogP contribution in [0, 0.1) is 0 Å². The number of hydrogen-bond donors (Lipinski definition) is 2. The molecule has 0 aliphatic carbocycles. The molecule has 0 aliphatic rings. The number of rotatable bonds is 2. The van der Waals surface area contributed by atoms with Gasteiger partial charge in [-0.05, 0) is 15.9 Å². The molecule has 0 radical (unpaired) electrons. The van der Waals surface area contributed by atoms with Crippen molar-refractivity contribution in [1.29, 1.82) is 0 Å². The van der Waals surface area contributed by atoms with E-state index in [1.54, 1.807) is 0 Å². The van der Waals surface area contributed by atoms with Gasteiger partial charge < -0.3 is 15.6 Å². The van der Waals surface area contributed by atoms with Crippen LogP contribution in [0.4, 0.5) is 0 Å². The average Bonchev–Trinajstić information content (AvgIpc) is 2.21. The molecule has 0 bridgehead atoms. The first kappa shape index (κ1) is 11.5. The van der Waals surface area contributed by atoms with Gasteiger partial charge >= 0.3 is 11.9 Å². The van der Waals surface area contributed by atoms with E-state index in [4.69, 9.17) is 10.8 Å². The molecule has 80 valence electrons. The van der Waals surface area contributed by atoms with Gasteiger partial charge in [-0.2, -0.15) is 0 Å². The van der Waals surface area contributed by atoms with Crippen molar-refractivity contribution in [3.8, 4) is 5.88 Å². The lowest BCUT2D eigenvalue weighted by Gasteiger charge is -2.02. The first-order valence-corrected chi connectivity index (χ1v) is 4.50. The number of hydrogen-bond acceptors (Lipinski definition) is 7. The van der Waals surface area contributed by atoms with Crippen LogP contribution in [0.5, 0.6) is 5.88 Å². The van der Waals surface area contributed by atoms with Crippen molar-refractivity contribution in [2.75, 3.05) is 6.54 Å². The summed E-state index contributed by atoms with van der Waals surface area (Å²) in [6, 6.07) is 0. The quantitative estimate of drug-likeness (QED) is 0.557. The van der Waals surface area contributed by atoms with Crippen LogP contribution in [0.2, 0.25) is 0 Å². The topological polar surface area (TPSA) is 115 Å². The Kier molecular flexibility index (Phi) is 3.69. The van der Waals surface area contributed by atoms with E-state index in [9.17, 15) is 9.59 Å². The number of esters is 2. The summed E-state index contributed by atoms with van der Waals surface area (Å²) in [7, 11) is 0. The highest BCUT2D eigenvalue weighted by atomic mass is 79.9. The van der Waals surface area contributed by atoms with Crippen LogP contribution in [-0.4, -0.2) is 33.6 Å². The van der Waals surface area contributed by atoms with Gasteiger partial charge in [0.15, 0.2) is 0 Å². The predicted octanol–water partition coefficient (Wildman–Crippen LogP) is -0.413. The summed E-state index contributed by atoms with van der Waals surface area (Å²) in [5.41, 5.74) is 4.48. The molecule has 8 heteroatoms. The molecule has 7 nitrogen and oxygen atoms in total. The molecule has 1 aromatic heterocycles. The molecule has 0 atom stereocenters. The van der Waals surface area contributed by atoms with E-state index >= 15 is 0 Å². The van der Waals surface area contributed by atoms with Gasteiger partial charge in [0.2, 0.25) is 11.6 Å². The lowest BCUT2D eigenvalue weighted by Crippen LogP contribution is -2.21. The second kappa shape index (κ2) is 4.80. The molecule has 0 spiro atoms. The Hall–Kier alpha value is -1.54. The molecule has 1 rings (SSSR count). The zero-order chi connectivity index (χ0) is 11.4. The van der Waals surface area contributed by atoms with Gasteiger partial charge in [-0.1, -0.05) is 0 Å². The van der Waals surface area contributed by atoms with Crippen molar-refractivity contribution in [2.45, 2.75) is 0 Å². The van der Waals surface area contributed by atoms with E-state index in [0.717, 1.165) is 0 Å². The molecular formula is C7H6BrN3O4. The van der Waals surface area contributed by atoms with Gasteiger partial charge in [0.25, 0.3) is 0 Å². The highest BCUT2D eigenvalue weighted by Gasteiger charge is 2.19. The average molecular weight is 276 g/mol. The SMILES string of the molecule is NCC(=O)OC(=O)c1nc(Br)cnc1O. The third kappa shape index (κ3) is 2.96. The lowest BCUT2D eigenvalue weighted by atomic mass is 10.4. The van der Waals surface area contributed by atoms with Crippen molar-refractivity contribution < 1.29 is 19.4 Å². The van der Waals surface area contributed by atoms with Crippen LogP contribution in [0.15, 0.2) is 10.8 Å². The number of carbonyl (C=O) groups is 2. The standard InChI is InChI=1S/C7H6BrN3O4/c8-3-2-10-6(13)5(11-3)7(14)15-4(12)1-9/h2H,1,9H2,(H,10,13). The number of ether oxygens (including phenoxy) is 1. The summed E-state index contributed by atoms with van der Waals surface area (Å²) >= 11 is 2.95. The lowest BCUT2D eigenvalue weighted by molar-refractivity contribution is -0.136. The van der Waals surface area contributed by atoms with Gasteiger partial charge in [-0.15, -0.1) is 0 Å². The minimum atomic E-state index is -1.10. The number of aromatic nitrogens is 2. The number of nitrogens with zero attached hydrogens (tertiary/aromatic N) is 2. The maximum Gasteiger partial charge on any atom is 0.370 e. The first-order valence-electron chi connectivity index (χ1n) is 3.71. The van der Waals surface area contributed by atoms with Crippen LogP contribution in [0.1, 0.15) is 10.5 Å². The van der Waals surface area contributed by atoms with Gasteiger partial charge in [0, 0.05) is 0 Å². The summed E-state index contributed by atoms with van der Waals surface area (Å²) in [5.74, 6) is -2.63. The van der Waals surface area contributed by atoms with Crippen molar-refractivity contribution in [1.82, 2.24) is 9.97 Å². The van der Waals surface area contributed by atoms with E-state index in [-0.39, 0.29) is 4.60 Å². The fraction of sp³-hybridized carbons (Fsp3) is 0.143. The molecular weight excluding hydrogens is 270 g/mol. The van der Waals surface area contributed by atoms with Crippen molar-refractivity contribution >= 4 is 27.9 Å². The highest BCUT2D eigenvalue weighted by molar-refractivity contribution is 9.10. The van der Waals surface area contributed by atoms with E-state index in [0.29, 0.717) is 0 Å². The van der Waals surface area contributed by atoms with Crippen LogP contribution in [0.25, 0.3) is 0 Å². The molecule has 1 heterocycles. The summed E-state index contributed by atoms with van der Waals surface area (Å²) in [6.07, 6.45) is 1.19. The minimum absolute atomic E-state index is 0.229. The largest absolute Gasteiger partial charge is 0.492 e. The Labute approximate surface area is 92.4 Å². The van der Waals surface area contributed by atoms with Crippen LogP contribution >= 0.6 is 15.9 Å². The van der Waals surface area contributed by atoms with Crippen LogP contribution in [0.3, 0.4) is 0 Å². The third-order valence-corrected chi connectivity index (χ3v) is 1.67. The summed E-state index contributed by atoms with van der Waals surface area (Å²) in [5, 5.41) is 9.15. The number of halogens is 1. The molecule has 0 unspecified atom stereocenters. The van der Waals surface area contributed by atoms with Crippen LogP contribution in [-0.2, 0) is 9.53 Å². The number of nitrogens with two attached hydrogens (primary N) is 1. The second-order valence-corrected chi connectivity index (χ2v) is 3.14. The molecule has 15 heavy (non-hydrogen) atoms. The van der Waals surface area contributed by atoms with E-state index in [1.165, 1.54) is 6.20 Å². The van der Waals surface area contributed by atoms with E-state index < -0.39 is 30.1 Å². The number of aromatic hydroxyl groups is 1. The highest BCUT2D eigenvalue weighted by Crippen LogP contribution is 2.15. The fourth-order valence-electron chi connectivity index (χ4n) is 0.692. The van der Waals surface area contributed by atoms with Crippen LogP contribution < -0.4 is 5.73 Å². The maximum absolute atomic E-state index is 11.2. The molecule has 1 aromatic rings. The Morgan fingerprint density at radius 1 is 1.60 bits per heavy atom. The number of carbonyl (C=O) groups excluding carboxylic acids is 2. The molecule has 0 saturated heterocycles. The van der Waals surface area contributed by atoms with E-state index in [2.05, 4.69) is 30.6 Å².